The topological polar surface area (TPSA) is 67.2 Å². The highest BCUT2D eigenvalue weighted by molar-refractivity contribution is 5.77. The zero-order chi connectivity index (χ0) is 14.5. The zero-order valence-electron chi connectivity index (χ0n) is 11.7. The highest BCUT2D eigenvalue weighted by Gasteiger charge is 2.17. The van der Waals surface area contributed by atoms with E-state index in [4.69, 9.17) is 5.73 Å². The SMILES string of the molecule is CC(C)(C)NC(=O)CC(CN)Nc1cccc(F)c1. The first kappa shape index (κ1) is 15.4. The van der Waals surface area contributed by atoms with Crippen molar-refractivity contribution in [2.24, 2.45) is 5.73 Å². The number of rotatable bonds is 5. The number of hydrogen-bond acceptors (Lipinski definition) is 3. The number of anilines is 1. The van der Waals surface area contributed by atoms with E-state index >= 15 is 0 Å². The normalized spacial score (nSPS) is 12.9. The third-order valence-electron chi connectivity index (χ3n) is 2.43. The molecular formula is C14H22FN3O. The zero-order valence-corrected chi connectivity index (χ0v) is 11.7. The first-order chi connectivity index (χ1) is 8.80. The fourth-order valence-corrected chi connectivity index (χ4v) is 1.70. The lowest BCUT2D eigenvalue weighted by Crippen LogP contribution is -2.44. The second-order valence-corrected chi connectivity index (χ2v) is 5.59. The number of benzene rings is 1. The summed E-state index contributed by atoms with van der Waals surface area (Å²) in [6.07, 6.45) is 0.254. The molecule has 1 rings (SSSR count). The van der Waals surface area contributed by atoms with Crippen molar-refractivity contribution >= 4 is 11.6 Å². The summed E-state index contributed by atoms with van der Waals surface area (Å²) >= 11 is 0. The van der Waals surface area contributed by atoms with E-state index in [2.05, 4.69) is 10.6 Å². The first-order valence-electron chi connectivity index (χ1n) is 6.33. The van der Waals surface area contributed by atoms with E-state index in [0.29, 0.717) is 12.2 Å². The van der Waals surface area contributed by atoms with E-state index in [0.717, 1.165) is 0 Å². The summed E-state index contributed by atoms with van der Waals surface area (Å²) in [5.74, 6) is -0.397. The minimum atomic E-state index is -0.320. The van der Waals surface area contributed by atoms with Crippen molar-refractivity contribution in [1.82, 2.24) is 5.32 Å². The summed E-state index contributed by atoms with van der Waals surface area (Å²) in [5.41, 5.74) is 5.99. The van der Waals surface area contributed by atoms with Gasteiger partial charge in [0.25, 0.3) is 0 Å². The van der Waals surface area contributed by atoms with Crippen LogP contribution in [0, 0.1) is 5.82 Å². The second-order valence-electron chi connectivity index (χ2n) is 5.59. The van der Waals surface area contributed by atoms with E-state index in [1.165, 1.54) is 12.1 Å². The smallest absolute Gasteiger partial charge is 0.222 e. The Bertz CT molecular complexity index is 429. The van der Waals surface area contributed by atoms with Crippen LogP contribution in [0.5, 0.6) is 0 Å². The molecule has 0 heterocycles. The van der Waals surface area contributed by atoms with Gasteiger partial charge in [-0.05, 0) is 39.0 Å². The van der Waals surface area contributed by atoms with Gasteiger partial charge in [-0.3, -0.25) is 4.79 Å². The molecule has 0 bridgehead atoms. The van der Waals surface area contributed by atoms with Gasteiger partial charge in [0.2, 0.25) is 5.91 Å². The highest BCUT2D eigenvalue weighted by Crippen LogP contribution is 2.11. The standard InChI is InChI=1S/C14H22FN3O/c1-14(2,3)18-13(19)8-12(9-16)17-11-6-4-5-10(15)7-11/h4-7,12,17H,8-9,16H2,1-3H3,(H,18,19). The van der Waals surface area contributed by atoms with Gasteiger partial charge in [0, 0.05) is 30.2 Å². The van der Waals surface area contributed by atoms with Gasteiger partial charge >= 0.3 is 0 Å². The molecule has 1 aromatic rings. The molecule has 4 N–H and O–H groups in total. The van der Waals surface area contributed by atoms with Gasteiger partial charge in [-0.15, -0.1) is 0 Å². The van der Waals surface area contributed by atoms with Crippen LogP contribution in [0.25, 0.3) is 0 Å². The molecule has 4 nitrogen and oxygen atoms in total. The van der Waals surface area contributed by atoms with Gasteiger partial charge in [-0.2, -0.15) is 0 Å². The van der Waals surface area contributed by atoms with Crippen LogP contribution in [0.1, 0.15) is 27.2 Å². The van der Waals surface area contributed by atoms with Crippen LogP contribution in [0.4, 0.5) is 10.1 Å². The van der Waals surface area contributed by atoms with Crippen molar-refractivity contribution in [3.8, 4) is 0 Å². The largest absolute Gasteiger partial charge is 0.380 e. The van der Waals surface area contributed by atoms with Crippen molar-refractivity contribution < 1.29 is 9.18 Å². The van der Waals surface area contributed by atoms with Crippen LogP contribution in [-0.4, -0.2) is 24.0 Å². The Morgan fingerprint density at radius 3 is 2.63 bits per heavy atom. The third kappa shape index (κ3) is 6.20. The highest BCUT2D eigenvalue weighted by atomic mass is 19.1. The van der Waals surface area contributed by atoms with Crippen LogP contribution < -0.4 is 16.4 Å². The third-order valence-corrected chi connectivity index (χ3v) is 2.43. The van der Waals surface area contributed by atoms with Crippen LogP contribution >= 0.6 is 0 Å². The van der Waals surface area contributed by atoms with Gasteiger partial charge in [-0.1, -0.05) is 6.07 Å². The predicted octanol–water partition coefficient (Wildman–Crippen LogP) is 1.87. The molecule has 0 aliphatic carbocycles. The summed E-state index contributed by atoms with van der Waals surface area (Å²) in [7, 11) is 0. The molecule has 19 heavy (non-hydrogen) atoms. The number of amides is 1. The fourth-order valence-electron chi connectivity index (χ4n) is 1.70. The number of nitrogens with two attached hydrogens (primary N) is 1. The Balaban J connectivity index is 2.57. The molecule has 1 atom stereocenters. The van der Waals surface area contributed by atoms with E-state index in [9.17, 15) is 9.18 Å². The molecule has 106 valence electrons. The maximum atomic E-state index is 13.1. The van der Waals surface area contributed by atoms with E-state index < -0.39 is 0 Å². The summed E-state index contributed by atoms with van der Waals surface area (Å²) in [5, 5.41) is 5.93. The van der Waals surface area contributed by atoms with Crippen molar-refractivity contribution in [2.75, 3.05) is 11.9 Å². The lowest BCUT2D eigenvalue weighted by atomic mass is 10.1. The molecule has 0 saturated carbocycles. The molecule has 1 aromatic carbocycles. The Kier molecular flexibility index (Phi) is 5.30. The van der Waals surface area contributed by atoms with Crippen LogP contribution in [0.15, 0.2) is 24.3 Å². The first-order valence-corrected chi connectivity index (χ1v) is 6.33. The Morgan fingerprint density at radius 1 is 1.42 bits per heavy atom. The number of carbonyl (C=O) groups excluding carboxylic acids is 1. The lowest BCUT2D eigenvalue weighted by molar-refractivity contribution is -0.122. The Labute approximate surface area is 113 Å². The molecular weight excluding hydrogens is 245 g/mol. The average Bonchev–Trinajstić information content (AvgIpc) is 2.25. The molecule has 0 aliphatic heterocycles. The Hall–Kier alpha value is -1.62. The van der Waals surface area contributed by atoms with E-state index in [-0.39, 0.29) is 29.7 Å². The van der Waals surface area contributed by atoms with Gasteiger partial charge in [0.1, 0.15) is 5.82 Å². The van der Waals surface area contributed by atoms with Gasteiger partial charge < -0.3 is 16.4 Å². The van der Waals surface area contributed by atoms with E-state index in [1.54, 1.807) is 12.1 Å². The van der Waals surface area contributed by atoms with Gasteiger partial charge in [0.05, 0.1) is 0 Å². The molecule has 5 heteroatoms. The quantitative estimate of drug-likeness (QED) is 0.763. The molecule has 1 amide bonds. The van der Waals surface area contributed by atoms with Crippen molar-refractivity contribution in [3.05, 3.63) is 30.1 Å². The van der Waals surface area contributed by atoms with Crippen LogP contribution in [0.3, 0.4) is 0 Å². The molecule has 0 fully saturated rings. The minimum Gasteiger partial charge on any atom is -0.380 e. The van der Waals surface area contributed by atoms with Crippen molar-refractivity contribution in [1.29, 1.82) is 0 Å². The second kappa shape index (κ2) is 6.52. The number of hydrogen-bond donors (Lipinski definition) is 3. The molecule has 1 unspecified atom stereocenters. The van der Waals surface area contributed by atoms with E-state index in [1.807, 2.05) is 20.8 Å². The lowest BCUT2D eigenvalue weighted by Gasteiger charge is -2.23. The summed E-state index contributed by atoms with van der Waals surface area (Å²) < 4.78 is 13.1. The maximum absolute atomic E-state index is 13.1. The van der Waals surface area contributed by atoms with Gasteiger partial charge in [-0.25, -0.2) is 4.39 Å². The van der Waals surface area contributed by atoms with Crippen LogP contribution in [0.2, 0.25) is 0 Å². The summed E-state index contributed by atoms with van der Waals surface area (Å²) in [4.78, 5) is 11.8. The summed E-state index contributed by atoms with van der Waals surface area (Å²) in [6.45, 7) is 6.06. The summed E-state index contributed by atoms with van der Waals surface area (Å²) in [6, 6.07) is 5.89. The molecule has 0 aromatic heterocycles. The van der Waals surface area contributed by atoms with Crippen molar-refractivity contribution in [2.45, 2.75) is 38.8 Å². The number of nitrogens with one attached hydrogen (secondary N) is 2. The minimum absolute atomic E-state index is 0.0770. The average molecular weight is 267 g/mol. The monoisotopic (exact) mass is 267 g/mol. The molecule has 0 spiro atoms. The molecule has 0 radical (unpaired) electrons. The molecule has 0 aliphatic rings. The number of carbonyl (C=O) groups is 1. The predicted molar refractivity (Wildman–Crippen MR) is 75.4 cm³/mol. The Morgan fingerprint density at radius 2 is 2.11 bits per heavy atom. The fraction of sp³-hybridized carbons (Fsp3) is 0.500. The molecule has 0 saturated heterocycles. The van der Waals surface area contributed by atoms with Crippen LogP contribution in [-0.2, 0) is 4.79 Å². The van der Waals surface area contributed by atoms with Crippen molar-refractivity contribution in [3.63, 3.8) is 0 Å². The maximum Gasteiger partial charge on any atom is 0.222 e. The number of halogens is 1. The van der Waals surface area contributed by atoms with Gasteiger partial charge in [0.15, 0.2) is 0 Å².